The Morgan fingerprint density at radius 3 is 1.70 bits per heavy atom. The zero-order chi connectivity index (χ0) is 16.7. The van der Waals surface area contributed by atoms with Gasteiger partial charge in [0.05, 0.1) is 25.4 Å². The quantitative estimate of drug-likeness (QED) is 0.485. The van der Waals surface area contributed by atoms with Gasteiger partial charge in [-0.1, -0.05) is 49.4 Å². The van der Waals surface area contributed by atoms with Gasteiger partial charge >= 0.3 is 11.9 Å². The van der Waals surface area contributed by atoms with Crippen molar-refractivity contribution in [3.05, 3.63) is 52.6 Å². The van der Waals surface area contributed by atoms with Crippen LogP contribution in [0, 0.1) is 0 Å². The number of methoxy groups -OCH3 is 2. The van der Waals surface area contributed by atoms with E-state index in [9.17, 15) is 9.59 Å². The van der Waals surface area contributed by atoms with E-state index >= 15 is 0 Å². The molecule has 2 unspecified atom stereocenters. The van der Waals surface area contributed by atoms with E-state index in [-0.39, 0.29) is 11.3 Å². The Bertz CT molecular complexity index is 691. The molecule has 0 spiro atoms. The van der Waals surface area contributed by atoms with Crippen LogP contribution >= 0.6 is 7.92 Å². The predicted octanol–water partition coefficient (Wildman–Crippen LogP) is 2.54. The lowest BCUT2D eigenvalue weighted by Gasteiger charge is -2.20. The van der Waals surface area contributed by atoms with Gasteiger partial charge in [-0.05, 0) is 19.2 Å². The lowest BCUT2D eigenvalue weighted by molar-refractivity contribution is -0.139. The van der Waals surface area contributed by atoms with Gasteiger partial charge in [0.15, 0.2) is 0 Å². The zero-order valence-electron chi connectivity index (χ0n) is 13.6. The smallest absolute Gasteiger partial charge is 0.335 e. The summed E-state index contributed by atoms with van der Waals surface area (Å²) in [4.78, 5) is 24.7. The molecule has 2 bridgehead atoms. The summed E-state index contributed by atoms with van der Waals surface area (Å²) in [5.74, 6) is -0.846. The van der Waals surface area contributed by atoms with Crippen LogP contribution in [-0.2, 0) is 19.1 Å². The van der Waals surface area contributed by atoms with Gasteiger partial charge in [0.1, 0.15) is 0 Å². The van der Waals surface area contributed by atoms with Crippen LogP contribution < -0.4 is 5.30 Å². The minimum atomic E-state index is -0.735. The SMILES string of the molecule is COC(=O)C1=C(C(=O)OC)C2C(C)=C(C)C1P2c1ccccc1. The van der Waals surface area contributed by atoms with Crippen molar-refractivity contribution in [1.29, 1.82) is 0 Å². The summed E-state index contributed by atoms with van der Waals surface area (Å²) >= 11 is 0. The third kappa shape index (κ3) is 2.24. The average Bonchev–Trinajstić information content (AvgIpc) is 3.06. The first kappa shape index (κ1) is 15.9. The molecule has 0 aliphatic carbocycles. The fourth-order valence-corrected chi connectivity index (χ4v) is 7.26. The minimum Gasteiger partial charge on any atom is -0.466 e. The number of rotatable bonds is 3. The second-order valence-corrected chi connectivity index (χ2v) is 8.09. The molecule has 0 saturated carbocycles. The van der Waals surface area contributed by atoms with Gasteiger partial charge in [-0.3, -0.25) is 0 Å². The molecule has 2 atom stereocenters. The van der Waals surface area contributed by atoms with Crippen LogP contribution in [-0.4, -0.2) is 37.5 Å². The molecular formula is C18H19O4P. The fraction of sp³-hybridized carbons (Fsp3) is 0.333. The highest BCUT2D eigenvalue weighted by molar-refractivity contribution is 7.69. The molecule has 120 valence electrons. The Balaban J connectivity index is 2.17. The van der Waals surface area contributed by atoms with Gasteiger partial charge in [0.25, 0.3) is 0 Å². The normalized spacial score (nSPS) is 25.8. The summed E-state index contributed by atoms with van der Waals surface area (Å²) < 4.78 is 9.93. The van der Waals surface area contributed by atoms with E-state index in [0.717, 1.165) is 0 Å². The summed E-state index contributed by atoms with van der Waals surface area (Å²) in [6.07, 6.45) is 0. The molecule has 3 rings (SSSR count). The van der Waals surface area contributed by atoms with E-state index in [1.165, 1.54) is 30.7 Å². The highest BCUT2D eigenvalue weighted by atomic mass is 31.1. The average molecular weight is 330 g/mol. The lowest BCUT2D eigenvalue weighted by Crippen LogP contribution is -2.24. The Hall–Kier alpha value is -1.93. The van der Waals surface area contributed by atoms with E-state index in [0.29, 0.717) is 11.1 Å². The van der Waals surface area contributed by atoms with Crippen LogP contribution in [0.15, 0.2) is 52.6 Å². The molecule has 23 heavy (non-hydrogen) atoms. The third-order valence-electron chi connectivity index (χ3n) is 4.70. The highest BCUT2D eigenvalue weighted by Crippen LogP contribution is 2.67. The van der Waals surface area contributed by atoms with Crippen molar-refractivity contribution in [3.63, 3.8) is 0 Å². The van der Waals surface area contributed by atoms with Gasteiger partial charge in [0.2, 0.25) is 0 Å². The van der Waals surface area contributed by atoms with E-state index < -0.39 is 19.9 Å². The summed E-state index contributed by atoms with van der Waals surface area (Å²) in [5.41, 5.74) is 3.22. The molecule has 0 saturated heterocycles. The number of benzene rings is 1. The van der Waals surface area contributed by atoms with Crippen molar-refractivity contribution in [3.8, 4) is 0 Å². The molecule has 1 aromatic rings. The summed E-state index contributed by atoms with van der Waals surface area (Å²) in [5, 5.41) is 1.19. The zero-order valence-corrected chi connectivity index (χ0v) is 14.5. The van der Waals surface area contributed by atoms with Crippen LogP contribution in [0.1, 0.15) is 13.8 Å². The molecule has 0 fully saturated rings. The monoisotopic (exact) mass is 330 g/mol. The van der Waals surface area contributed by atoms with Gasteiger partial charge in [-0.15, -0.1) is 0 Å². The van der Waals surface area contributed by atoms with E-state index in [4.69, 9.17) is 9.47 Å². The second kappa shape index (κ2) is 5.93. The van der Waals surface area contributed by atoms with Crippen molar-refractivity contribution >= 4 is 25.2 Å². The summed E-state index contributed by atoms with van der Waals surface area (Å²) in [7, 11) is 1.97. The van der Waals surface area contributed by atoms with E-state index in [2.05, 4.69) is 26.0 Å². The molecule has 2 heterocycles. The number of ether oxygens (including phenoxy) is 2. The molecule has 2 aliphatic heterocycles. The molecule has 0 N–H and O–H groups in total. The first-order valence-electron chi connectivity index (χ1n) is 7.44. The summed E-state index contributed by atoms with van der Waals surface area (Å²) in [6.45, 7) is 4.10. The second-order valence-electron chi connectivity index (χ2n) is 5.72. The molecule has 5 heteroatoms. The first-order chi connectivity index (χ1) is 11.0. The van der Waals surface area contributed by atoms with Crippen LogP contribution in [0.5, 0.6) is 0 Å². The Kier molecular flexibility index (Phi) is 4.11. The van der Waals surface area contributed by atoms with Crippen molar-refractivity contribution in [2.75, 3.05) is 14.2 Å². The Morgan fingerprint density at radius 1 is 0.870 bits per heavy atom. The van der Waals surface area contributed by atoms with Crippen LogP contribution in [0.4, 0.5) is 0 Å². The predicted molar refractivity (Wildman–Crippen MR) is 90.0 cm³/mol. The van der Waals surface area contributed by atoms with Gasteiger partial charge in [-0.2, -0.15) is 0 Å². The minimum absolute atomic E-state index is 0.0565. The summed E-state index contributed by atoms with van der Waals surface area (Å²) in [6, 6.07) is 10.1. The molecular weight excluding hydrogens is 311 g/mol. The van der Waals surface area contributed by atoms with Crippen LogP contribution in [0.2, 0.25) is 0 Å². The molecule has 2 aliphatic rings. The van der Waals surface area contributed by atoms with Crippen molar-refractivity contribution in [1.82, 2.24) is 0 Å². The number of carbonyl (C=O) groups is 2. The standard InChI is InChI=1S/C18H19O4P/c1-10-11(2)16-14(18(20)22-4)13(17(19)21-3)15(10)23(16)12-8-6-5-7-9-12/h5-9,15-16H,1-4H3. The maximum absolute atomic E-state index is 12.4. The number of allylic oxidation sites excluding steroid dienone is 2. The Morgan fingerprint density at radius 2 is 1.30 bits per heavy atom. The van der Waals surface area contributed by atoms with E-state index in [1.807, 2.05) is 18.2 Å². The highest BCUT2D eigenvalue weighted by Gasteiger charge is 2.54. The topological polar surface area (TPSA) is 52.6 Å². The van der Waals surface area contributed by atoms with Gasteiger partial charge in [-0.25, -0.2) is 9.59 Å². The lowest BCUT2D eigenvalue weighted by atomic mass is 9.87. The largest absolute Gasteiger partial charge is 0.466 e. The number of hydrogen-bond donors (Lipinski definition) is 0. The van der Waals surface area contributed by atoms with Crippen molar-refractivity contribution in [2.45, 2.75) is 25.2 Å². The molecule has 4 nitrogen and oxygen atoms in total. The van der Waals surface area contributed by atoms with Crippen LogP contribution in [0.3, 0.4) is 0 Å². The first-order valence-corrected chi connectivity index (χ1v) is 8.92. The number of fused-ring (bicyclic) bond motifs is 2. The van der Waals surface area contributed by atoms with Gasteiger partial charge < -0.3 is 9.47 Å². The maximum atomic E-state index is 12.4. The molecule has 0 radical (unpaired) electrons. The van der Waals surface area contributed by atoms with Crippen LogP contribution in [0.25, 0.3) is 0 Å². The maximum Gasteiger partial charge on any atom is 0.335 e. The van der Waals surface area contributed by atoms with Crippen molar-refractivity contribution < 1.29 is 19.1 Å². The number of esters is 2. The molecule has 1 aromatic carbocycles. The Labute approximate surface area is 136 Å². The van der Waals surface area contributed by atoms with Gasteiger partial charge in [0, 0.05) is 11.3 Å². The third-order valence-corrected chi connectivity index (χ3v) is 8.00. The van der Waals surface area contributed by atoms with E-state index in [1.54, 1.807) is 0 Å². The molecule has 0 aromatic heterocycles. The molecule has 0 amide bonds. The number of carbonyl (C=O) groups excluding carboxylic acids is 2. The fourth-order valence-electron chi connectivity index (χ4n) is 3.56. The number of hydrogen-bond acceptors (Lipinski definition) is 4. The van der Waals surface area contributed by atoms with Crippen molar-refractivity contribution in [2.24, 2.45) is 0 Å².